The average Bonchev–Trinajstić information content (AvgIpc) is 3.31. The van der Waals surface area contributed by atoms with Crippen molar-refractivity contribution >= 4 is 0 Å². The molecule has 0 heterocycles. The summed E-state index contributed by atoms with van der Waals surface area (Å²) in [5.74, 6) is 0.883. The number of hydrogen-bond acceptors (Lipinski definition) is 3. The van der Waals surface area contributed by atoms with E-state index >= 15 is 0 Å². The zero-order valence-electron chi connectivity index (χ0n) is 13.9. The normalized spacial score (nSPS) is 28.8. The molecule has 0 aliphatic heterocycles. The lowest BCUT2D eigenvalue weighted by molar-refractivity contribution is 0.0103. The molecule has 2 aliphatic carbocycles. The van der Waals surface area contributed by atoms with Crippen LogP contribution in [0.2, 0.25) is 0 Å². The van der Waals surface area contributed by atoms with E-state index in [4.69, 9.17) is 4.74 Å². The van der Waals surface area contributed by atoms with Crippen molar-refractivity contribution in [2.45, 2.75) is 95.7 Å². The predicted molar refractivity (Wildman–Crippen MR) is 86.0 cm³/mol. The van der Waals surface area contributed by atoms with Crippen molar-refractivity contribution in [2.75, 3.05) is 6.61 Å². The first-order valence-corrected chi connectivity index (χ1v) is 8.96. The molecule has 0 aromatic heterocycles. The number of nitrogens with one attached hydrogen (secondary N) is 1. The Kier molecular flexibility index (Phi) is 6.51. The smallest absolute Gasteiger partial charge is 0.104 e. The highest BCUT2D eigenvalue weighted by Crippen LogP contribution is 2.29. The number of ether oxygens (including phenoxy) is 1. The maximum atomic E-state index is 9.33. The summed E-state index contributed by atoms with van der Waals surface area (Å²) in [6, 6.07) is 3.05. The van der Waals surface area contributed by atoms with Gasteiger partial charge in [0, 0.05) is 12.6 Å². The minimum Gasteiger partial charge on any atom is -0.378 e. The molecular formula is C18H32N2O. The average molecular weight is 292 g/mol. The first-order valence-electron chi connectivity index (χ1n) is 8.96. The van der Waals surface area contributed by atoms with Crippen LogP contribution in [0.5, 0.6) is 0 Å². The fraction of sp³-hybridized carbons (Fsp3) is 0.944. The third-order valence-electron chi connectivity index (χ3n) is 5.08. The van der Waals surface area contributed by atoms with Crippen molar-refractivity contribution < 1.29 is 4.74 Å². The molecule has 0 spiro atoms. The molecule has 3 atom stereocenters. The van der Waals surface area contributed by atoms with E-state index in [0.717, 1.165) is 31.8 Å². The van der Waals surface area contributed by atoms with Gasteiger partial charge in [0.2, 0.25) is 0 Å². The molecule has 0 bridgehead atoms. The summed E-state index contributed by atoms with van der Waals surface area (Å²) in [6.45, 7) is 5.20. The van der Waals surface area contributed by atoms with Crippen LogP contribution in [0.15, 0.2) is 0 Å². The Bertz CT molecular complexity index is 348. The largest absolute Gasteiger partial charge is 0.378 e. The van der Waals surface area contributed by atoms with Gasteiger partial charge < -0.3 is 4.74 Å². The van der Waals surface area contributed by atoms with Crippen LogP contribution in [0.1, 0.15) is 78.1 Å². The topological polar surface area (TPSA) is 45.0 Å². The highest BCUT2D eigenvalue weighted by atomic mass is 16.5. The van der Waals surface area contributed by atoms with Crippen molar-refractivity contribution in [1.29, 1.82) is 5.26 Å². The van der Waals surface area contributed by atoms with Crippen LogP contribution in [-0.2, 0) is 4.74 Å². The van der Waals surface area contributed by atoms with E-state index in [2.05, 4.69) is 18.3 Å². The molecule has 21 heavy (non-hydrogen) atoms. The van der Waals surface area contributed by atoms with Gasteiger partial charge in [-0.2, -0.15) is 5.26 Å². The lowest BCUT2D eigenvalue weighted by atomic mass is 9.85. The molecule has 0 amide bonds. The summed E-state index contributed by atoms with van der Waals surface area (Å²) in [5.41, 5.74) is -0.334. The molecule has 2 fully saturated rings. The molecule has 0 aromatic rings. The van der Waals surface area contributed by atoms with Gasteiger partial charge in [0.25, 0.3) is 0 Å². The lowest BCUT2D eigenvalue weighted by Crippen LogP contribution is -2.42. The Morgan fingerprint density at radius 1 is 1.24 bits per heavy atom. The van der Waals surface area contributed by atoms with Crippen LogP contribution in [0.25, 0.3) is 0 Å². The van der Waals surface area contributed by atoms with E-state index in [1.54, 1.807) is 0 Å². The third-order valence-corrected chi connectivity index (χ3v) is 5.08. The molecule has 2 rings (SSSR count). The number of rotatable bonds is 9. The van der Waals surface area contributed by atoms with Gasteiger partial charge in [0.05, 0.1) is 12.2 Å². The SMILES string of the molecule is CCC1CCCC(OCCCCC(C)(C#N)NC2CC2)C1. The molecular weight excluding hydrogens is 260 g/mol. The first kappa shape index (κ1) is 16.8. The van der Waals surface area contributed by atoms with Gasteiger partial charge in [-0.05, 0) is 57.8 Å². The first-order chi connectivity index (χ1) is 10.1. The van der Waals surface area contributed by atoms with E-state index in [9.17, 15) is 5.26 Å². The van der Waals surface area contributed by atoms with Crippen LogP contribution in [0, 0.1) is 17.2 Å². The van der Waals surface area contributed by atoms with Crippen molar-refractivity contribution in [2.24, 2.45) is 5.92 Å². The van der Waals surface area contributed by atoms with Crippen LogP contribution in [-0.4, -0.2) is 24.3 Å². The Morgan fingerprint density at radius 3 is 2.71 bits per heavy atom. The van der Waals surface area contributed by atoms with Gasteiger partial charge in [-0.1, -0.05) is 26.2 Å². The molecule has 0 radical (unpaired) electrons. The van der Waals surface area contributed by atoms with Gasteiger partial charge >= 0.3 is 0 Å². The second-order valence-electron chi connectivity index (χ2n) is 7.25. The molecule has 3 heteroatoms. The zero-order valence-corrected chi connectivity index (χ0v) is 13.9. The molecule has 0 aromatic carbocycles. The second-order valence-corrected chi connectivity index (χ2v) is 7.25. The molecule has 3 unspecified atom stereocenters. The monoisotopic (exact) mass is 292 g/mol. The Morgan fingerprint density at radius 2 is 2.05 bits per heavy atom. The molecule has 2 saturated carbocycles. The number of nitriles is 1. The van der Waals surface area contributed by atoms with Crippen LogP contribution < -0.4 is 5.32 Å². The van der Waals surface area contributed by atoms with Crippen molar-refractivity contribution in [1.82, 2.24) is 5.32 Å². The zero-order chi connectivity index (χ0) is 15.1. The molecule has 0 saturated heterocycles. The molecule has 120 valence electrons. The van der Waals surface area contributed by atoms with E-state index in [-0.39, 0.29) is 5.54 Å². The van der Waals surface area contributed by atoms with Gasteiger partial charge in [-0.15, -0.1) is 0 Å². The highest BCUT2D eigenvalue weighted by molar-refractivity contribution is 5.06. The maximum absolute atomic E-state index is 9.33. The minimum atomic E-state index is -0.334. The second kappa shape index (κ2) is 8.15. The summed E-state index contributed by atoms with van der Waals surface area (Å²) in [4.78, 5) is 0. The fourth-order valence-corrected chi connectivity index (χ4v) is 3.43. The quantitative estimate of drug-likeness (QED) is 0.648. The Balaban J connectivity index is 1.55. The van der Waals surface area contributed by atoms with Gasteiger partial charge in [-0.3, -0.25) is 5.32 Å². The third kappa shape index (κ3) is 5.96. The maximum Gasteiger partial charge on any atom is 0.104 e. The standard InChI is InChI=1S/C18H32N2O/c1-3-15-7-6-8-17(13-15)21-12-5-4-11-18(2,14-19)20-16-9-10-16/h15-17,20H,3-13H2,1-2H3. The van der Waals surface area contributed by atoms with Crippen LogP contribution in [0.3, 0.4) is 0 Å². The predicted octanol–water partition coefficient (Wildman–Crippen LogP) is 4.18. The van der Waals surface area contributed by atoms with E-state index < -0.39 is 0 Å². The van der Waals surface area contributed by atoms with Gasteiger partial charge in [0.1, 0.15) is 5.54 Å². The Hall–Kier alpha value is -0.590. The molecule has 2 aliphatic rings. The Labute approximate surface area is 130 Å². The van der Waals surface area contributed by atoms with Crippen molar-refractivity contribution in [3.8, 4) is 6.07 Å². The molecule has 1 N–H and O–H groups in total. The van der Waals surface area contributed by atoms with E-state index in [1.165, 1.54) is 44.9 Å². The number of nitrogens with zero attached hydrogens (tertiary/aromatic N) is 1. The fourth-order valence-electron chi connectivity index (χ4n) is 3.43. The summed E-state index contributed by atoms with van der Waals surface area (Å²) in [5, 5.41) is 12.8. The number of hydrogen-bond donors (Lipinski definition) is 1. The minimum absolute atomic E-state index is 0.334. The van der Waals surface area contributed by atoms with Gasteiger partial charge in [-0.25, -0.2) is 0 Å². The summed E-state index contributed by atoms with van der Waals surface area (Å²) >= 11 is 0. The summed E-state index contributed by atoms with van der Waals surface area (Å²) in [7, 11) is 0. The van der Waals surface area contributed by atoms with Crippen molar-refractivity contribution in [3.05, 3.63) is 0 Å². The van der Waals surface area contributed by atoms with Crippen LogP contribution >= 0.6 is 0 Å². The van der Waals surface area contributed by atoms with Crippen LogP contribution in [0.4, 0.5) is 0 Å². The van der Waals surface area contributed by atoms with E-state index in [1.807, 2.05) is 6.92 Å². The summed E-state index contributed by atoms with van der Waals surface area (Å²) in [6.07, 6.45) is 12.6. The highest BCUT2D eigenvalue weighted by Gasteiger charge is 2.31. The van der Waals surface area contributed by atoms with E-state index in [0.29, 0.717) is 12.1 Å². The summed E-state index contributed by atoms with van der Waals surface area (Å²) < 4.78 is 6.05. The van der Waals surface area contributed by atoms with Crippen molar-refractivity contribution in [3.63, 3.8) is 0 Å². The molecule has 3 nitrogen and oxygen atoms in total. The van der Waals surface area contributed by atoms with Gasteiger partial charge in [0.15, 0.2) is 0 Å². The lowest BCUT2D eigenvalue weighted by Gasteiger charge is -2.28. The number of unbranched alkanes of at least 4 members (excludes halogenated alkanes) is 1.